The summed E-state index contributed by atoms with van der Waals surface area (Å²) in [4.78, 5) is 8.43. The Bertz CT molecular complexity index is 820. The summed E-state index contributed by atoms with van der Waals surface area (Å²) in [5.74, 6) is 0.836. The van der Waals surface area contributed by atoms with Gasteiger partial charge in [0.25, 0.3) is 0 Å². The molecule has 0 bridgehead atoms. The highest BCUT2D eigenvalue weighted by Crippen LogP contribution is 2.34. The predicted molar refractivity (Wildman–Crippen MR) is 95.8 cm³/mol. The molecule has 3 aromatic rings. The van der Waals surface area contributed by atoms with E-state index in [9.17, 15) is 0 Å². The third-order valence-corrected chi connectivity index (χ3v) is 5.57. The van der Waals surface area contributed by atoms with Crippen LogP contribution in [0.1, 0.15) is 23.8 Å². The van der Waals surface area contributed by atoms with Crippen LogP contribution in [0.4, 0.5) is 0 Å². The molecule has 1 aliphatic heterocycles. The molecule has 0 aliphatic carbocycles. The van der Waals surface area contributed by atoms with Crippen LogP contribution >= 0.6 is 23.6 Å². The molecule has 6 heteroatoms. The van der Waals surface area contributed by atoms with Crippen molar-refractivity contribution in [2.45, 2.75) is 25.6 Å². The fraction of sp³-hybridized carbons (Fsp3) is 0.294. The number of H-pyrrole nitrogens is 1. The van der Waals surface area contributed by atoms with Gasteiger partial charge in [0.1, 0.15) is 0 Å². The minimum Gasteiger partial charge on any atom is -0.278 e. The van der Waals surface area contributed by atoms with Crippen molar-refractivity contribution >= 4 is 23.6 Å². The number of likely N-dealkylation sites (tertiary alicyclic amines) is 1. The Labute approximate surface area is 144 Å². The lowest BCUT2D eigenvalue weighted by molar-refractivity contribution is 0.192. The van der Waals surface area contributed by atoms with E-state index in [4.69, 9.17) is 12.2 Å². The van der Waals surface area contributed by atoms with E-state index >= 15 is 0 Å². The van der Waals surface area contributed by atoms with Crippen LogP contribution in [0, 0.1) is 4.77 Å². The van der Waals surface area contributed by atoms with Gasteiger partial charge in [-0.05, 0) is 36.5 Å². The smallest absolute Gasteiger partial charge is 0.217 e. The minimum atomic E-state index is 0.500. The maximum atomic E-state index is 5.44. The lowest BCUT2D eigenvalue weighted by Gasteiger charge is -2.23. The summed E-state index contributed by atoms with van der Waals surface area (Å²) in [6.07, 6.45) is 2.45. The van der Waals surface area contributed by atoms with Gasteiger partial charge in [0.2, 0.25) is 4.77 Å². The predicted octanol–water partition coefficient (Wildman–Crippen LogP) is 4.46. The second kappa shape index (κ2) is 6.39. The quantitative estimate of drug-likeness (QED) is 0.711. The number of rotatable bonds is 4. The summed E-state index contributed by atoms with van der Waals surface area (Å²) in [7, 11) is 0. The number of aromatic nitrogens is 3. The topological polar surface area (TPSA) is 36.9 Å². The van der Waals surface area contributed by atoms with Gasteiger partial charge in [-0.15, -0.1) is 11.3 Å². The number of hydrogen-bond acceptors (Lipinski definition) is 4. The summed E-state index contributed by atoms with van der Waals surface area (Å²) in [6.45, 7) is 1.87. The molecule has 4 nitrogen and oxygen atoms in total. The van der Waals surface area contributed by atoms with Crippen LogP contribution in [-0.2, 0) is 6.67 Å². The highest BCUT2D eigenvalue weighted by atomic mass is 32.1. The molecule has 2 aromatic heterocycles. The number of aromatic amines is 1. The highest BCUT2D eigenvalue weighted by molar-refractivity contribution is 7.71. The summed E-state index contributed by atoms with van der Waals surface area (Å²) in [5, 5.41) is 5.51. The number of nitrogens with zero attached hydrogens (tertiary/aromatic N) is 3. The first kappa shape index (κ1) is 14.8. The Balaban J connectivity index is 1.57. The van der Waals surface area contributed by atoms with Crippen molar-refractivity contribution in [3.8, 4) is 11.4 Å². The summed E-state index contributed by atoms with van der Waals surface area (Å²) >= 11 is 7.28. The molecule has 4 rings (SSSR count). The van der Waals surface area contributed by atoms with Crippen LogP contribution < -0.4 is 0 Å². The fourth-order valence-corrected chi connectivity index (χ4v) is 4.25. The van der Waals surface area contributed by atoms with Crippen molar-refractivity contribution < 1.29 is 0 Å². The monoisotopic (exact) mass is 342 g/mol. The average Bonchev–Trinajstić information content (AvgIpc) is 3.30. The van der Waals surface area contributed by atoms with Crippen LogP contribution in [0.5, 0.6) is 0 Å². The lowest BCUT2D eigenvalue weighted by atomic mass is 10.2. The molecule has 1 aromatic carbocycles. The van der Waals surface area contributed by atoms with Crippen molar-refractivity contribution in [3.63, 3.8) is 0 Å². The summed E-state index contributed by atoms with van der Waals surface area (Å²) in [6, 6.07) is 15.0. The van der Waals surface area contributed by atoms with Gasteiger partial charge in [-0.2, -0.15) is 4.98 Å². The molecular formula is C17H18N4S2. The van der Waals surface area contributed by atoms with Crippen LogP contribution in [0.25, 0.3) is 11.4 Å². The Kier molecular flexibility index (Phi) is 4.11. The van der Waals surface area contributed by atoms with Crippen molar-refractivity contribution in [2.24, 2.45) is 0 Å². The van der Waals surface area contributed by atoms with E-state index in [0.29, 0.717) is 10.8 Å². The van der Waals surface area contributed by atoms with Crippen molar-refractivity contribution in [2.75, 3.05) is 6.54 Å². The van der Waals surface area contributed by atoms with E-state index < -0.39 is 0 Å². The second-order valence-corrected chi connectivity index (χ2v) is 7.12. The number of nitrogens with one attached hydrogen (secondary N) is 1. The Morgan fingerprint density at radius 1 is 1.22 bits per heavy atom. The zero-order chi connectivity index (χ0) is 15.6. The molecule has 1 N–H and O–H groups in total. The molecule has 23 heavy (non-hydrogen) atoms. The van der Waals surface area contributed by atoms with Gasteiger partial charge in [-0.3, -0.25) is 10.00 Å². The molecular weight excluding hydrogens is 324 g/mol. The van der Waals surface area contributed by atoms with E-state index in [0.717, 1.165) is 24.6 Å². The van der Waals surface area contributed by atoms with E-state index in [1.165, 1.54) is 17.7 Å². The minimum absolute atomic E-state index is 0.500. The fourth-order valence-electron chi connectivity index (χ4n) is 3.16. The normalized spacial score (nSPS) is 18.5. The molecule has 0 amide bonds. The van der Waals surface area contributed by atoms with E-state index in [2.05, 4.69) is 32.5 Å². The van der Waals surface area contributed by atoms with Gasteiger partial charge in [-0.1, -0.05) is 36.4 Å². The van der Waals surface area contributed by atoms with Gasteiger partial charge in [0.05, 0.1) is 6.67 Å². The summed E-state index contributed by atoms with van der Waals surface area (Å²) in [5.41, 5.74) is 1.06. The van der Waals surface area contributed by atoms with E-state index in [1.807, 2.05) is 46.4 Å². The first-order valence-corrected chi connectivity index (χ1v) is 9.10. The van der Waals surface area contributed by atoms with Crippen LogP contribution in [-0.4, -0.2) is 26.2 Å². The standard InChI is InChI=1S/C17H18N4S2/c22-17-18-16(13-6-2-1-3-7-13)19-21(17)12-20-10-4-8-14(20)15-9-5-11-23-15/h1-3,5-7,9,11,14H,4,8,10,12H2,(H,18,19,22)/t14-/m0/s1. The van der Waals surface area contributed by atoms with Crippen LogP contribution in [0.2, 0.25) is 0 Å². The Morgan fingerprint density at radius 2 is 2.09 bits per heavy atom. The van der Waals surface area contributed by atoms with Gasteiger partial charge < -0.3 is 0 Å². The van der Waals surface area contributed by atoms with E-state index in [-0.39, 0.29) is 0 Å². The van der Waals surface area contributed by atoms with Crippen molar-refractivity contribution in [1.29, 1.82) is 0 Å². The summed E-state index contributed by atoms with van der Waals surface area (Å²) < 4.78 is 2.59. The molecule has 1 aliphatic rings. The molecule has 1 atom stereocenters. The molecule has 1 saturated heterocycles. The van der Waals surface area contributed by atoms with Gasteiger partial charge in [0, 0.05) is 23.0 Å². The first-order chi connectivity index (χ1) is 11.3. The molecule has 0 spiro atoms. The molecule has 1 fully saturated rings. The molecule has 0 unspecified atom stereocenters. The van der Waals surface area contributed by atoms with Gasteiger partial charge in [-0.25, -0.2) is 4.68 Å². The maximum Gasteiger partial charge on any atom is 0.217 e. The van der Waals surface area contributed by atoms with Gasteiger partial charge >= 0.3 is 0 Å². The van der Waals surface area contributed by atoms with E-state index in [1.54, 1.807) is 0 Å². The maximum absolute atomic E-state index is 5.44. The molecule has 3 heterocycles. The van der Waals surface area contributed by atoms with Gasteiger partial charge in [0.15, 0.2) is 5.82 Å². The van der Waals surface area contributed by atoms with Crippen LogP contribution in [0.3, 0.4) is 0 Å². The molecule has 118 valence electrons. The second-order valence-electron chi connectivity index (χ2n) is 5.78. The third kappa shape index (κ3) is 3.02. The van der Waals surface area contributed by atoms with Crippen molar-refractivity contribution in [1.82, 2.24) is 19.7 Å². The average molecular weight is 342 g/mol. The molecule has 0 radical (unpaired) electrons. The SMILES string of the molecule is S=c1nc(-c2ccccc2)[nH]n1CN1CCC[C@H]1c1cccs1. The zero-order valence-corrected chi connectivity index (χ0v) is 14.3. The largest absolute Gasteiger partial charge is 0.278 e. The third-order valence-electron chi connectivity index (χ3n) is 4.28. The first-order valence-electron chi connectivity index (χ1n) is 7.81. The van der Waals surface area contributed by atoms with Crippen molar-refractivity contribution in [3.05, 3.63) is 57.5 Å². The molecule has 0 saturated carbocycles. The Morgan fingerprint density at radius 3 is 2.87 bits per heavy atom. The Hall–Kier alpha value is -1.76. The number of benzene rings is 1. The van der Waals surface area contributed by atoms with Crippen LogP contribution in [0.15, 0.2) is 47.8 Å². The zero-order valence-electron chi connectivity index (χ0n) is 12.7. The highest BCUT2D eigenvalue weighted by Gasteiger charge is 2.27. The lowest BCUT2D eigenvalue weighted by Crippen LogP contribution is -2.26. The number of hydrogen-bond donors (Lipinski definition) is 1. The number of thiophene rings is 1.